The van der Waals surface area contributed by atoms with Gasteiger partial charge in [0, 0.05) is 38.1 Å². The van der Waals surface area contributed by atoms with E-state index in [-0.39, 0.29) is 30.5 Å². The number of ether oxygens (including phenoxy) is 2. The first-order chi connectivity index (χ1) is 14.6. The summed E-state index contributed by atoms with van der Waals surface area (Å²) >= 11 is 0. The first-order valence-electron chi connectivity index (χ1n) is 10.4. The van der Waals surface area contributed by atoms with Crippen molar-refractivity contribution in [3.63, 3.8) is 0 Å². The number of halogens is 1. The first kappa shape index (κ1) is 20.7. The van der Waals surface area contributed by atoms with E-state index in [1.54, 1.807) is 18.3 Å². The van der Waals surface area contributed by atoms with Crippen LogP contribution in [0.2, 0.25) is 0 Å². The smallest absolute Gasteiger partial charge is 0.248 e. The second kappa shape index (κ2) is 9.49. The van der Waals surface area contributed by atoms with Gasteiger partial charge in [0.2, 0.25) is 5.91 Å². The molecular formula is C22H27FN4O3. The van der Waals surface area contributed by atoms with Crippen molar-refractivity contribution < 1.29 is 18.7 Å². The van der Waals surface area contributed by atoms with Crippen LogP contribution in [0.4, 0.5) is 4.39 Å². The van der Waals surface area contributed by atoms with E-state index in [2.05, 4.69) is 14.9 Å². The average molecular weight is 414 g/mol. The van der Waals surface area contributed by atoms with Gasteiger partial charge in [0.25, 0.3) is 0 Å². The second-order valence-electron chi connectivity index (χ2n) is 7.90. The molecule has 3 heterocycles. The topological polar surface area (TPSA) is 67.8 Å². The van der Waals surface area contributed by atoms with Crippen molar-refractivity contribution in [2.45, 2.75) is 38.5 Å². The zero-order valence-corrected chi connectivity index (χ0v) is 17.2. The molecule has 7 nitrogen and oxygen atoms in total. The van der Waals surface area contributed by atoms with Crippen LogP contribution in [0, 0.1) is 12.7 Å². The SMILES string of the molecule is Cc1cnc(CN2CCC(N3CC(COc4ccc(F)cc4)OCC3=O)CC2)cn1. The van der Waals surface area contributed by atoms with Crippen molar-refractivity contribution in [3.8, 4) is 5.75 Å². The molecule has 160 valence electrons. The Morgan fingerprint density at radius 1 is 1.17 bits per heavy atom. The van der Waals surface area contributed by atoms with Gasteiger partial charge in [0.05, 0.1) is 17.9 Å². The van der Waals surface area contributed by atoms with E-state index in [9.17, 15) is 9.18 Å². The highest BCUT2D eigenvalue weighted by Crippen LogP contribution is 2.22. The Hall–Kier alpha value is -2.58. The lowest BCUT2D eigenvalue weighted by atomic mass is 10.0. The highest BCUT2D eigenvalue weighted by Gasteiger charge is 2.33. The molecule has 2 aromatic rings. The molecule has 8 heteroatoms. The molecule has 0 spiro atoms. The predicted molar refractivity (Wildman–Crippen MR) is 108 cm³/mol. The molecule has 30 heavy (non-hydrogen) atoms. The van der Waals surface area contributed by atoms with Gasteiger partial charge >= 0.3 is 0 Å². The molecule has 1 unspecified atom stereocenters. The molecule has 2 aliphatic heterocycles. The van der Waals surface area contributed by atoms with E-state index in [0.29, 0.717) is 18.9 Å². The van der Waals surface area contributed by atoms with Crippen molar-refractivity contribution in [1.82, 2.24) is 19.8 Å². The number of nitrogens with zero attached hydrogens (tertiary/aromatic N) is 4. The molecule has 4 rings (SSSR count). The summed E-state index contributed by atoms with van der Waals surface area (Å²) < 4.78 is 24.4. The minimum absolute atomic E-state index is 0.0379. The lowest BCUT2D eigenvalue weighted by molar-refractivity contribution is -0.155. The minimum Gasteiger partial charge on any atom is -0.491 e. The molecule has 2 aliphatic rings. The summed E-state index contributed by atoms with van der Waals surface area (Å²) in [7, 11) is 0. The normalized spacial score (nSPS) is 21.1. The summed E-state index contributed by atoms with van der Waals surface area (Å²) in [6, 6.07) is 6.13. The maximum absolute atomic E-state index is 13.0. The lowest BCUT2D eigenvalue weighted by Crippen LogP contribution is -2.55. The van der Waals surface area contributed by atoms with Gasteiger partial charge in [-0.2, -0.15) is 0 Å². The van der Waals surface area contributed by atoms with Gasteiger partial charge in [-0.1, -0.05) is 0 Å². The Labute approximate surface area is 175 Å². The number of morpholine rings is 1. The largest absolute Gasteiger partial charge is 0.491 e. The van der Waals surface area contributed by atoms with Crippen molar-refractivity contribution in [3.05, 3.63) is 53.9 Å². The molecule has 0 saturated carbocycles. The van der Waals surface area contributed by atoms with Crippen molar-refractivity contribution >= 4 is 5.91 Å². The van der Waals surface area contributed by atoms with Crippen molar-refractivity contribution in [2.24, 2.45) is 0 Å². The Morgan fingerprint density at radius 2 is 1.93 bits per heavy atom. The van der Waals surface area contributed by atoms with Crippen LogP contribution in [-0.2, 0) is 16.1 Å². The van der Waals surface area contributed by atoms with Crippen LogP contribution in [0.3, 0.4) is 0 Å². The van der Waals surface area contributed by atoms with E-state index < -0.39 is 0 Å². The third-order valence-electron chi connectivity index (χ3n) is 5.63. The Kier molecular flexibility index (Phi) is 6.54. The van der Waals surface area contributed by atoms with Crippen LogP contribution in [0.25, 0.3) is 0 Å². The molecular weight excluding hydrogens is 387 g/mol. The quantitative estimate of drug-likeness (QED) is 0.722. The highest BCUT2D eigenvalue weighted by atomic mass is 19.1. The van der Waals surface area contributed by atoms with Gasteiger partial charge in [-0.15, -0.1) is 0 Å². The summed E-state index contributed by atoms with van der Waals surface area (Å²) in [5, 5.41) is 0. The number of amides is 1. The number of hydrogen-bond acceptors (Lipinski definition) is 6. The number of carbonyl (C=O) groups excluding carboxylic acids is 1. The van der Waals surface area contributed by atoms with Gasteiger partial charge < -0.3 is 14.4 Å². The molecule has 0 radical (unpaired) electrons. The lowest BCUT2D eigenvalue weighted by Gasteiger charge is -2.42. The maximum Gasteiger partial charge on any atom is 0.248 e. The minimum atomic E-state index is -0.297. The van der Waals surface area contributed by atoms with Crippen LogP contribution in [0.15, 0.2) is 36.7 Å². The molecule has 1 aromatic heterocycles. The molecule has 0 aliphatic carbocycles. The first-order valence-corrected chi connectivity index (χ1v) is 10.4. The number of piperidine rings is 1. The monoisotopic (exact) mass is 414 g/mol. The van der Waals surface area contributed by atoms with E-state index >= 15 is 0 Å². The molecule has 0 N–H and O–H groups in total. The van der Waals surface area contributed by atoms with E-state index in [4.69, 9.17) is 9.47 Å². The Bertz CT molecular complexity index is 838. The van der Waals surface area contributed by atoms with Gasteiger partial charge in [-0.3, -0.25) is 19.7 Å². The van der Waals surface area contributed by atoms with Crippen LogP contribution in [-0.4, -0.2) is 70.7 Å². The number of rotatable bonds is 6. The molecule has 2 fully saturated rings. The van der Waals surface area contributed by atoms with Crippen LogP contribution >= 0.6 is 0 Å². The molecule has 1 aromatic carbocycles. The second-order valence-corrected chi connectivity index (χ2v) is 7.90. The maximum atomic E-state index is 13.0. The van der Waals surface area contributed by atoms with E-state index in [1.807, 2.05) is 18.0 Å². The standard InChI is InChI=1S/C22H27FN4O3/c1-16-10-25-18(11-24-16)12-26-8-6-19(7-9-26)27-13-21(30-15-22(27)28)14-29-20-4-2-17(23)3-5-20/h2-5,10-11,19,21H,6-9,12-15H2,1H3. The fourth-order valence-electron chi connectivity index (χ4n) is 3.94. The van der Waals surface area contributed by atoms with Gasteiger partial charge in [-0.25, -0.2) is 4.39 Å². The van der Waals surface area contributed by atoms with Gasteiger partial charge in [0.15, 0.2) is 0 Å². The van der Waals surface area contributed by atoms with E-state index in [0.717, 1.165) is 43.9 Å². The summed E-state index contributed by atoms with van der Waals surface area (Å²) in [6.07, 6.45) is 5.29. The molecule has 1 amide bonds. The fourth-order valence-corrected chi connectivity index (χ4v) is 3.94. The van der Waals surface area contributed by atoms with E-state index in [1.165, 1.54) is 12.1 Å². The number of benzene rings is 1. The summed E-state index contributed by atoms with van der Waals surface area (Å²) in [5.74, 6) is 0.334. The Balaban J connectivity index is 1.26. The summed E-state index contributed by atoms with van der Waals surface area (Å²) in [6.45, 7) is 5.49. The average Bonchev–Trinajstić information content (AvgIpc) is 2.76. The van der Waals surface area contributed by atoms with Crippen LogP contribution < -0.4 is 4.74 Å². The summed E-state index contributed by atoms with van der Waals surface area (Å²) in [5.41, 5.74) is 1.89. The number of hydrogen-bond donors (Lipinski definition) is 0. The Morgan fingerprint density at radius 3 is 2.63 bits per heavy atom. The summed E-state index contributed by atoms with van der Waals surface area (Å²) in [4.78, 5) is 25.5. The zero-order valence-electron chi connectivity index (χ0n) is 17.2. The molecule has 2 saturated heterocycles. The molecule has 1 atom stereocenters. The van der Waals surface area contributed by atoms with Crippen LogP contribution in [0.1, 0.15) is 24.2 Å². The third kappa shape index (κ3) is 5.31. The van der Waals surface area contributed by atoms with Crippen LogP contribution in [0.5, 0.6) is 5.75 Å². The fraction of sp³-hybridized carbons (Fsp3) is 0.500. The molecule has 0 bridgehead atoms. The number of aryl methyl sites for hydroxylation is 1. The van der Waals surface area contributed by atoms with Gasteiger partial charge in [0.1, 0.15) is 30.9 Å². The zero-order chi connectivity index (χ0) is 20.9. The van der Waals surface area contributed by atoms with Crippen molar-refractivity contribution in [2.75, 3.05) is 32.8 Å². The number of likely N-dealkylation sites (tertiary alicyclic amines) is 1. The number of carbonyl (C=O) groups is 1. The highest BCUT2D eigenvalue weighted by molar-refractivity contribution is 5.78. The number of aromatic nitrogens is 2. The predicted octanol–water partition coefficient (Wildman–Crippen LogP) is 2.19. The van der Waals surface area contributed by atoms with Crippen molar-refractivity contribution in [1.29, 1.82) is 0 Å². The van der Waals surface area contributed by atoms with Gasteiger partial charge in [-0.05, 0) is 44.0 Å². The third-order valence-corrected chi connectivity index (χ3v) is 5.63.